The molecule has 0 bridgehead atoms. The summed E-state index contributed by atoms with van der Waals surface area (Å²) < 4.78 is 2.11. The van der Waals surface area contributed by atoms with Gasteiger partial charge in [-0.25, -0.2) is 0 Å². The Labute approximate surface area is 138 Å². The van der Waals surface area contributed by atoms with E-state index in [9.17, 15) is 14.9 Å². The van der Waals surface area contributed by atoms with Crippen LogP contribution in [-0.4, -0.2) is 9.49 Å². The van der Waals surface area contributed by atoms with Crippen LogP contribution in [0.25, 0.3) is 10.1 Å². The van der Waals surface area contributed by atoms with Gasteiger partial charge in [0.1, 0.15) is 11.6 Å². The zero-order chi connectivity index (χ0) is 16.6. The lowest BCUT2D eigenvalue weighted by Gasteiger charge is -2.05. The Morgan fingerprint density at radius 2 is 2.13 bits per heavy atom. The molecule has 0 aliphatic rings. The molecule has 2 heterocycles. The van der Waals surface area contributed by atoms with Crippen molar-refractivity contribution in [2.24, 2.45) is 0 Å². The second-order valence-electron chi connectivity index (χ2n) is 4.75. The van der Waals surface area contributed by atoms with Crippen molar-refractivity contribution in [1.82, 2.24) is 4.57 Å². The summed E-state index contributed by atoms with van der Waals surface area (Å²) in [5.74, 6) is 0. The zero-order valence-corrected chi connectivity index (χ0v) is 13.1. The lowest BCUT2D eigenvalue weighted by atomic mass is 10.2. The van der Waals surface area contributed by atoms with E-state index >= 15 is 0 Å². The predicted octanol–water partition coefficient (Wildman–Crippen LogP) is 3.54. The fourth-order valence-corrected chi connectivity index (χ4v) is 3.73. The SMILES string of the molecule is N#Cc1cc([N+](=O)[O-])cn(Cc2sc3ccccc3c2Cl)c1=O. The van der Waals surface area contributed by atoms with Crippen molar-refractivity contribution >= 4 is 38.7 Å². The third-order valence-electron chi connectivity index (χ3n) is 3.32. The van der Waals surface area contributed by atoms with Crippen LogP contribution in [0.2, 0.25) is 5.02 Å². The number of hydrogen-bond donors (Lipinski definition) is 0. The highest BCUT2D eigenvalue weighted by molar-refractivity contribution is 7.19. The summed E-state index contributed by atoms with van der Waals surface area (Å²) >= 11 is 7.74. The van der Waals surface area contributed by atoms with Gasteiger partial charge >= 0.3 is 0 Å². The lowest BCUT2D eigenvalue weighted by Crippen LogP contribution is -2.22. The van der Waals surface area contributed by atoms with E-state index in [1.165, 1.54) is 11.3 Å². The van der Waals surface area contributed by atoms with Gasteiger partial charge in [-0.2, -0.15) is 5.26 Å². The number of hydrogen-bond acceptors (Lipinski definition) is 5. The summed E-state index contributed by atoms with van der Waals surface area (Å²) in [6.45, 7) is 0.0768. The smallest absolute Gasteiger partial charge is 0.287 e. The van der Waals surface area contributed by atoms with Crippen molar-refractivity contribution in [1.29, 1.82) is 5.26 Å². The second kappa shape index (κ2) is 5.83. The van der Waals surface area contributed by atoms with Crippen LogP contribution in [0.1, 0.15) is 10.4 Å². The average Bonchev–Trinajstić information content (AvgIpc) is 2.85. The third-order valence-corrected chi connectivity index (χ3v) is 5.02. The van der Waals surface area contributed by atoms with Crippen LogP contribution in [0, 0.1) is 21.4 Å². The van der Waals surface area contributed by atoms with Gasteiger partial charge in [0.25, 0.3) is 11.2 Å². The number of thiophene rings is 1. The Kier molecular flexibility index (Phi) is 3.86. The van der Waals surface area contributed by atoms with Gasteiger partial charge in [0, 0.05) is 21.0 Å². The molecule has 0 atom stereocenters. The molecule has 3 rings (SSSR count). The van der Waals surface area contributed by atoms with Gasteiger partial charge < -0.3 is 4.57 Å². The van der Waals surface area contributed by atoms with E-state index in [-0.39, 0.29) is 17.8 Å². The molecule has 0 unspecified atom stereocenters. The molecular weight excluding hydrogens is 338 g/mol. The minimum atomic E-state index is -0.636. The first-order chi connectivity index (χ1) is 11.0. The number of nitro groups is 1. The molecule has 0 aliphatic heterocycles. The summed E-state index contributed by atoms with van der Waals surface area (Å²) in [7, 11) is 0. The highest BCUT2D eigenvalue weighted by atomic mass is 35.5. The van der Waals surface area contributed by atoms with E-state index in [0.717, 1.165) is 26.9 Å². The van der Waals surface area contributed by atoms with Crippen molar-refractivity contribution < 1.29 is 4.92 Å². The highest BCUT2D eigenvalue weighted by Crippen LogP contribution is 2.35. The second-order valence-corrected chi connectivity index (χ2v) is 6.26. The predicted molar refractivity (Wildman–Crippen MR) is 88.0 cm³/mol. The largest absolute Gasteiger partial charge is 0.302 e. The number of pyridine rings is 1. The van der Waals surface area contributed by atoms with E-state index < -0.39 is 10.5 Å². The van der Waals surface area contributed by atoms with Gasteiger partial charge in [0.15, 0.2) is 0 Å². The molecule has 0 spiro atoms. The topological polar surface area (TPSA) is 88.9 Å². The van der Waals surface area contributed by atoms with Crippen molar-refractivity contribution in [3.05, 3.63) is 72.5 Å². The number of benzene rings is 1. The minimum Gasteiger partial charge on any atom is -0.302 e. The van der Waals surface area contributed by atoms with Crippen LogP contribution in [0.4, 0.5) is 5.69 Å². The third kappa shape index (κ3) is 2.70. The van der Waals surface area contributed by atoms with Crippen molar-refractivity contribution in [3.63, 3.8) is 0 Å². The van der Waals surface area contributed by atoms with Gasteiger partial charge in [0.05, 0.1) is 22.7 Å². The maximum absolute atomic E-state index is 12.2. The van der Waals surface area contributed by atoms with Crippen LogP contribution in [0.3, 0.4) is 0 Å². The molecule has 0 amide bonds. The normalized spacial score (nSPS) is 10.6. The molecule has 0 N–H and O–H groups in total. The average molecular weight is 346 g/mol. The summed E-state index contributed by atoms with van der Waals surface area (Å²) in [5, 5.41) is 21.3. The molecule has 3 aromatic rings. The summed E-state index contributed by atoms with van der Waals surface area (Å²) in [4.78, 5) is 23.2. The molecule has 0 fully saturated rings. The molecule has 8 heteroatoms. The fourth-order valence-electron chi connectivity index (χ4n) is 2.24. The number of nitriles is 1. The first-order valence-corrected chi connectivity index (χ1v) is 7.65. The molecule has 2 aromatic heterocycles. The number of fused-ring (bicyclic) bond motifs is 1. The summed E-state index contributed by atoms with van der Waals surface area (Å²) in [6.07, 6.45) is 1.13. The molecule has 0 saturated heterocycles. The standard InChI is InChI=1S/C15H8ClN3O3S/c16-14-11-3-1-2-4-12(11)23-13(14)8-18-7-10(19(21)22)5-9(6-17)15(18)20/h1-5,7H,8H2. The van der Waals surface area contributed by atoms with Gasteiger partial charge in [-0.15, -0.1) is 11.3 Å². The Balaban J connectivity index is 2.13. The molecule has 0 aliphatic carbocycles. The molecule has 0 saturated carbocycles. The van der Waals surface area contributed by atoms with Gasteiger partial charge in [0.2, 0.25) is 0 Å². The van der Waals surface area contributed by atoms with Crippen LogP contribution in [-0.2, 0) is 6.54 Å². The van der Waals surface area contributed by atoms with Crippen LogP contribution in [0.15, 0.2) is 41.3 Å². The van der Waals surface area contributed by atoms with E-state index in [4.69, 9.17) is 16.9 Å². The molecule has 114 valence electrons. The monoisotopic (exact) mass is 345 g/mol. The Hall–Kier alpha value is -2.69. The summed E-state index contributed by atoms with van der Waals surface area (Å²) in [6, 6.07) is 10.2. The molecular formula is C15H8ClN3O3S. The molecule has 6 nitrogen and oxygen atoms in total. The quantitative estimate of drug-likeness (QED) is 0.536. The maximum Gasteiger partial charge on any atom is 0.287 e. The van der Waals surface area contributed by atoms with E-state index in [1.807, 2.05) is 24.3 Å². The maximum atomic E-state index is 12.2. The number of nitrogens with zero attached hydrogens (tertiary/aromatic N) is 3. The molecule has 1 aromatic carbocycles. The van der Waals surface area contributed by atoms with E-state index in [0.29, 0.717) is 9.90 Å². The number of aromatic nitrogens is 1. The number of halogens is 1. The van der Waals surface area contributed by atoms with E-state index in [1.54, 1.807) is 6.07 Å². The van der Waals surface area contributed by atoms with Gasteiger partial charge in [-0.3, -0.25) is 14.9 Å². The molecule has 23 heavy (non-hydrogen) atoms. The highest BCUT2D eigenvalue weighted by Gasteiger charge is 2.16. The van der Waals surface area contributed by atoms with Gasteiger partial charge in [-0.1, -0.05) is 29.8 Å². The van der Waals surface area contributed by atoms with Crippen molar-refractivity contribution in [3.8, 4) is 6.07 Å². The van der Waals surface area contributed by atoms with Crippen LogP contribution in [0.5, 0.6) is 0 Å². The van der Waals surface area contributed by atoms with Crippen molar-refractivity contribution in [2.75, 3.05) is 0 Å². The first-order valence-electron chi connectivity index (χ1n) is 6.46. The summed E-state index contributed by atoms with van der Waals surface area (Å²) in [5.41, 5.74) is -1.15. The first kappa shape index (κ1) is 15.2. The van der Waals surface area contributed by atoms with Crippen molar-refractivity contribution in [2.45, 2.75) is 6.54 Å². The van der Waals surface area contributed by atoms with Crippen LogP contribution >= 0.6 is 22.9 Å². The fraction of sp³-hybridized carbons (Fsp3) is 0.0667. The van der Waals surface area contributed by atoms with E-state index in [2.05, 4.69) is 0 Å². The Morgan fingerprint density at radius 1 is 1.39 bits per heavy atom. The molecule has 0 radical (unpaired) electrons. The Bertz CT molecular complexity index is 1030. The van der Waals surface area contributed by atoms with Gasteiger partial charge in [-0.05, 0) is 6.07 Å². The Morgan fingerprint density at radius 3 is 2.78 bits per heavy atom. The lowest BCUT2D eigenvalue weighted by molar-refractivity contribution is -0.385. The minimum absolute atomic E-state index is 0.0768. The van der Waals surface area contributed by atoms with Crippen LogP contribution < -0.4 is 5.56 Å². The number of rotatable bonds is 3. The zero-order valence-electron chi connectivity index (χ0n) is 11.5.